The number of rotatable bonds is 3. The maximum absolute atomic E-state index is 11.0. The second kappa shape index (κ2) is 3.87. The first-order valence-electron chi connectivity index (χ1n) is 4.38. The molecule has 2 rings (SSSR count). The molecule has 0 saturated heterocycles. The van der Waals surface area contributed by atoms with Crippen molar-refractivity contribution in [1.29, 1.82) is 0 Å². The van der Waals surface area contributed by atoms with E-state index in [1.165, 1.54) is 10.2 Å². The van der Waals surface area contributed by atoms with E-state index < -0.39 is 0 Å². The molecule has 2 aromatic rings. The van der Waals surface area contributed by atoms with E-state index in [4.69, 9.17) is 0 Å². The molecular formula is C9H10N4O. The number of tetrazole rings is 1. The fourth-order valence-electron chi connectivity index (χ4n) is 1.24. The van der Waals surface area contributed by atoms with Crippen LogP contribution in [-0.2, 0) is 13.0 Å². The number of hydrogen-bond acceptors (Lipinski definition) is 3. The highest BCUT2D eigenvalue weighted by molar-refractivity contribution is 5.14. The molecule has 0 radical (unpaired) electrons. The number of aromatic nitrogens is 4. The van der Waals surface area contributed by atoms with Crippen molar-refractivity contribution in [3.05, 3.63) is 46.4 Å². The molecule has 0 aliphatic heterocycles. The van der Waals surface area contributed by atoms with Gasteiger partial charge in [-0.25, -0.2) is 9.89 Å². The third kappa shape index (κ3) is 1.87. The van der Waals surface area contributed by atoms with Crippen molar-refractivity contribution in [2.24, 2.45) is 0 Å². The fraction of sp³-hybridized carbons (Fsp3) is 0.222. The van der Waals surface area contributed by atoms with Crippen molar-refractivity contribution >= 4 is 0 Å². The molecule has 0 bridgehead atoms. The lowest BCUT2D eigenvalue weighted by atomic mass is 10.2. The van der Waals surface area contributed by atoms with Crippen LogP contribution in [0, 0.1) is 0 Å². The second-order valence-electron chi connectivity index (χ2n) is 2.97. The van der Waals surface area contributed by atoms with Gasteiger partial charge in [-0.05, 0) is 22.4 Å². The predicted molar refractivity (Wildman–Crippen MR) is 50.8 cm³/mol. The third-order valence-electron chi connectivity index (χ3n) is 1.99. The van der Waals surface area contributed by atoms with E-state index in [-0.39, 0.29) is 5.69 Å². The number of benzene rings is 1. The Morgan fingerprint density at radius 3 is 2.71 bits per heavy atom. The number of aromatic amines is 1. The van der Waals surface area contributed by atoms with Crippen LogP contribution in [0.3, 0.4) is 0 Å². The summed E-state index contributed by atoms with van der Waals surface area (Å²) < 4.78 is 1.31. The van der Waals surface area contributed by atoms with Crippen LogP contribution in [0.15, 0.2) is 35.1 Å². The van der Waals surface area contributed by atoms with Gasteiger partial charge in [0.1, 0.15) is 0 Å². The summed E-state index contributed by atoms with van der Waals surface area (Å²) in [5.74, 6) is 0. The molecule has 5 heteroatoms. The van der Waals surface area contributed by atoms with Crippen molar-refractivity contribution in [2.75, 3.05) is 0 Å². The summed E-state index contributed by atoms with van der Waals surface area (Å²) in [6, 6.07) is 9.95. The summed E-state index contributed by atoms with van der Waals surface area (Å²) in [6.07, 6.45) is 0.785. The van der Waals surface area contributed by atoms with Gasteiger partial charge < -0.3 is 0 Å². The van der Waals surface area contributed by atoms with Crippen LogP contribution in [0.1, 0.15) is 5.56 Å². The molecule has 14 heavy (non-hydrogen) atoms. The van der Waals surface area contributed by atoms with Gasteiger partial charge in [-0.15, -0.1) is 0 Å². The molecule has 0 fully saturated rings. The lowest BCUT2D eigenvalue weighted by Gasteiger charge is -1.98. The minimum atomic E-state index is -0.263. The molecule has 0 aliphatic carbocycles. The molecule has 1 N–H and O–H groups in total. The highest BCUT2D eigenvalue weighted by atomic mass is 16.2. The van der Waals surface area contributed by atoms with E-state index in [0.717, 1.165) is 6.42 Å². The van der Waals surface area contributed by atoms with Crippen LogP contribution >= 0.6 is 0 Å². The number of H-pyrrole nitrogens is 1. The monoisotopic (exact) mass is 190 g/mol. The molecule has 72 valence electrons. The topological polar surface area (TPSA) is 63.6 Å². The molecule has 1 aromatic heterocycles. The number of nitrogens with zero attached hydrogens (tertiary/aromatic N) is 3. The van der Waals surface area contributed by atoms with Crippen molar-refractivity contribution in [1.82, 2.24) is 20.2 Å². The number of nitrogens with one attached hydrogen (secondary N) is 1. The average molecular weight is 190 g/mol. The van der Waals surface area contributed by atoms with Crippen LogP contribution in [0.2, 0.25) is 0 Å². The summed E-state index contributed by atoms with van der Waals surface area (Å²) in [7, 11) is 0. The maximum atomic E-state index is 11.0. The zero-order valence-electron chi connectivity index (χ0n) is 7.55. The first-order chi connectivity index (χ1) is 6.86. The lowest BCUT2D eigenvalue weighted by Crippen LogP contribution is -2.19. The van der Waals surface area contributed by atoms with E-state index in [0.29, 0.717) is 6.54 Å². The van der Waals surface area contributed by atoms with Crippen molar-refractivity contribution < 1.29 is 0 Å². The number of aryl methyl sites for hydroxylation is 2. The minimum Gasteiger partial charge on any atom is -0.245 e. The van der Waals surface area contributed by atoms with Crippen molar-refractivity contribution in [3.63, 3.8) is 0 Å². The van der Waals surface area contributed by atoms with Crippen LogP contribution < -0.4 is 5.69 Å². The fourth-order valence-corrected chi connectivity index (χ4v) is 1.24. The summed E-state index contributed by atoms with van der Waals surface area (Å²) in [5.41, 5.74) is 0.920. The molecule has 0 saturated carbocycles. The van der Waals surface area contributed by atoms with Crippen LogP contribution in [0.5, 0.6) is 0 Å². The van der Waals surface area contributed by atoms with Gasteiger partial charge in [-0.1, -0.05) is 30.3 Å². The lowest BCUT2D eigenvalue weighted by molar-refractivity contribution is 0.574. The van der Waals surface area contributed by atoms with Gasteiger partial charge in [0.2, 0.25) is 0 Å². The normalized spacial score (nSPS) is 10.3. The maximum Gasteiger partial charge on any atom is 0.361 e. The summed E-state index contributed by atoms with van der Waals surface area (Å²) in [5, 5.41) is 9.29. The van der Waals surface area contributed by atoms with Gasteiger partial charge in [0.05, 0.1) is 6.54 Å². The predicted octanol–water partition coefficient (Wildman–Crippen LogP) is 0.209. The molecule has 1 heterocycles. The summed E-state index contributed by atoms with van der Waals surface area (Å²) >= 11 is 0. The Kier molecular flexibility index (Phi) is 2.40. The quantitative estimate of drug-likeness (QED) is 0.752. The summed E-state index contributed by atoms with van der Waals surface area (Å²) in [6.45, 7) is 0.555. The van der Waals surface area contributed by atoms with Gasteiger partial charge >= 0.3 is 5.69 Å². The van der Waals surface area contributed by atoms with Crippen molar-refractivity contribution in [3.8, 4) is 0 Å². The Hall–Kier alpha value is -1.91. The van der Waals surface area contributed by atoms with Crippen LogP contribution in [0.25, 0.3) is 0 Å². The van der Waals surface area contributed by atoms with E-state index >= 15 is 0 Å². The molecule has 0 amide bonds. The standard InChI is InChI=1S/C9H10N4O/c14-9-10-11-12-13(9)7-6-8-4-2-1-3-5-8/h1-5H,6-7H2,(H,10,12,14). The van der Waals surface area contributed by atoms with Gasteiger partial charge in [0, 0.05) is 0 Å². The van der Waals surface area contributed by atoms with Gasteiger partial charge in [0.15, 0.2) is 0 Å². The Bertz CT molecular complexity index is 445. The molecule has 0 spiro atoms. The Morgan fingerprint density at radius 2 is 2.07 bits per heavy atom. The highest BCUT2D eigenvalue weighted by Gasteiger charge is 1.98. The smallest absolute Gasteiger partial charge is 0.245 e. The first kappa shape index (κ1) is 8.68. The van der Waals surface area contributed by atoms with Crippen molar-refractivity contribution in [2.45, 2.75) is 13.0 Å². The van der Waals surface area contributed by atoms with Gasteiger partial charge in [-0.2, -0.15) is 4.68 Å². The Balaban J connectivity index is 2.02. The largest absolute Gasteiger partial charge is 0.361 e. The average Bonchev–Trinajstić information content (AvgIpc) is 2.63. The number of hydrogen-bond donors (Lipinski definition) is 1. The van der Waals surface area contributed by atoms with Crippen LogP contribution in [-0.4, -0.2) is 20.2 Å². The highest BCUT2D eigenvalue weighted by Crippen LogP contribution is 1.99. The molecule has 0 unspecified atom stereocenters. The second-order valence-corrected chi connectivity index (χ2v) is 2.97. The molecule has 0 aliphatic rings. The minimum absolute atomic E-state index is 0.263. The zero-order chi connectivity index (χ0) is 9.80. The van der Waals surface area contributed by atoms with E-state index in [1.807, 2.05) is 30.3 Å². The summed E-state index contributed by atoms with van der Waals surface area (Å²) in [4.78, 5) is 11.0. The molecule has 1 aromatic carbocycles. The molecule has 5 nitrogen and oxygen atoms in total. The van der Waals surface area contributed by atoms with E-state index in [2.05, 4.69) is 15.5 Å². The third-order valence-corrected chi connectivity index (χ3v) is 1.99. The Labute approximate surface area is 80.4 Å². The molecular weight excluding hydrogens is 180 g/mol. The zero-order valence-corrected chi connectivity index (χ0v) is 7.55. The van der Waals surface area contributed by atoms with E-state index in [9.17, 15) is 4.79 Å². The van der Waals surface area contributed by atoms with Gasteiger partial charge in [-0.3, -0.25) is 0 Å². The first-order valence-corrected chi connectivity index (χ1v) is 4.38. The molecule has 0 atom stereocenters. The van der Waals surface area contributed by atoms with Gasteiger partial charge in [0.25, 0.3) is 0 Å². The Morgan fingerprint density at radius 1 is 1.29 bits per heavy atom. The van der Waals surface area contributed by atoms with Crippen LogP contribution in [0.4, 0.5) is 0 Å². The van der Waals surface area contributed by atoms with E-state index in [1.54, 1.807) is 0 Å². The SMILES string of the molecule is O=c1[nH]nnn1CCc1ccccc1.